The molecule has 2 atom stereocenters. The molecule has 1 unspecified atom stereocenters. The van der Waals surface area contributed by atoms with Crippen molar-refractivity contribution in [3.63, 3.8) is 0 Å². The zero-order valence-corrected chi connectivity index (χ0v) is 23.2. The summed E-state index contributed by atoms with van der Waals surface area (Å²) < 4.78 is 12.9. The number of nitrogens with one attached hydrogen (secondary N) is 1. The number of nitrogens with zero attached hydrogens (tertiary/aromatic N) is 2. The Morgan fingerprint density at radius 3 is 2.52 bits per heavy atom. The minimum Gasteiger partial charge on any atom is -0.491 e. The summed E-state index contributed by atoms with van der Waals surface area (Å²) in [6.45, 7) is 3.95. The van der Waals surface area contributed by atoms with Gasteiger partial charge in [-0.05, 0) is 77.9 Å². The number of nitrogens with two attached hydrogens (primary N) is 1. The van der Waals surface area contributed by atoms with Crippen LogP contribution in [0.5, 0.6) is 11.5 Å². The average Bonchev–Trinajstić information content (AvgIpc) is 3.38. The van der Waals surface area contributed by atoms with Crippen LogP contribution in [0.25, 0.3) is 21.2 Å². The normalized spacial score (nSPS) is 12.8. The van der Waals surface area contributed by atoms with E-state index in [4.69, 9.17) is 25.8 Å². The summed E-state index contributed by atoms with van der Waals surface area (Å²) in [6.07, 6.45) is -0.504. The van der Waals surface area contributed by atoms with E-state index in [1.165, 1.54) is 4.70 Å². The molecule has 0 fully saturated rings. The molecule has 0 spiro atoms. The highest BCUT2D eigenvalue weighted by molar-refractivity contribution is 7.17. The average molecular weight is 557 g/mol. The quantitative estimate of drug-likeness (QED) is 0.0559. The van der Waals surface area contributed by atoms with Gasteiger partial charge in [0.1, 0.15) is 36.7 Å². The molecule has 1 aromatic heterocycles. The lowest BCUT2D eigenvalue weighted by Gasteiger charge is -2.13. The number of benzene rings is 3. The summed E-state index contributed by atoms with van der Waals surface area (Å²) in [5, 5.41) is 28.5. The molecule has 0 radical (unpaired) electrons. The van der Waals surface area contributed by atoms with E-state index in [1.54, 1.807) is 18.3 Å². The Kier molecular flexibility index (Phi) is 9.86. The van der Waals surface area contributed by atoms with Gasteiger partial charge in [-0.2, -0.15) is 5.53 Å². The molecule has 3 aromatic carbocycles. The predicted octanol–water partition coefficient (Wildman–Crippen LogP) is 5.99. The molecule has 5 N–H and O–H groups in total. The minimum absolute atomic E-state index is 0.0446. The summed E-state index contributed by atoms with van der Waals surface area (Å²) in [7, 11) is 0. The van der Waals surface area contributed by atoms with Crippen molar-refractivity contribution in [3.8, 4) is 34.5 Å². The van der Waals surface area contributed by atoms with Crippen LogP contribution < -0.4 is 15.2 Å². The van der Waals surface area contributed by atoms with E-state index in [9.17, 15) is 5.11 Å². The van der Waals surface area contributed by atoms with Crippen LogP contribution in [0.4, 0.5) is 0 Å². The van der Waals surface area contributed by atoms with Gasteiger partial charge in [-0.1, -0.05) is 35.4 Å². The van der Waals surface area contributed by atoms with E-state index in [1.807, 2.05) is 49.4 Å². The number of thiophene rings is 1. The molecule has 0 amide bonds. The second-order valence-corrected chi connectivity index (χ2v) is 10.2. The molecule has 0 aliphatic carbocycles. The van der Waals surface area contributed by atoms with E-state index < -0.39 is 6.10 Å². The zero-order chi connectivity index (χ0) is 28.5. The van der Waals surface area contributed by atoms with Crippen LogP contribution in [0.15, 0.2) is 76.4 Å². The Balaban J connectivity index is 1.47. The van der Waals surface area contributed by atoms with Gasteiger partial charge in [0, 0.05) is 22.1 Å². The second kappa shape index (κ2) is 13.7. The third kappa shape index (κ3) is 7.24. The predicted molar refractivity (Wildman–Crippen MR) is 159 cm³/mol. The summed E-state index contributed by atoms with van der Waals surface area (Å²) >= 11 is 1.70. The third-order valence-corrected chi connectivity index (χ3v) is 7.34. The Labute approximate surface area is 237 Å². The zero-order valence-electron chi connectivity index (χ0n) is 22.4. The van der Waals surface area contributed by atoms with Gasteiger partial charge < -0.3 is 25.4 Å². The van der Waals surface area contributed by atoms with E-state index in [0.717, 1.165) is 39.0 Å². The van der Waals surface area contributed by atoms with Gasteiger partial charge in [-0.15, -0.1) is 22.4 Å². The molecule has 4 aromatic rings. The molecule has 40 heavy (non-hydrogen) atoms. The number of amidine groups is 1. The molecule has 1 heterocycles. The summed E-state index contributed by atoms with van der Waals surface area (Å²) in [5.41, 5.74) is 18.1. The highest BCUT2D eigenvalue weighted by atomic mass is 32.1. The summed E-state index contributed by atoms with van der Waals surface area (Å²) in [5.74, 6) is 7.60. The van der Waals surface area contributed by atoms with Crippen LogP contribution in [0, 0.1) is 24.3 Å². The van der Waals surface area contributed by atoms with Gasteiger partial charge in [0.25, 0.3) is 0 Å². The Morgan fingerprint density at radius 2 is 1.82 bits per heavy atom. The largest absolute Gasteiger partial charge is 0.491 e. The van der Waals surface area contributed by atoms with Crippen molar-refractivity contribution in [2.45, 2.75) is 38.9 Å². The first-order chi connectivity index (χ1) is 19.4. The van der Waals surface area contributed by atoms with Crippen LogP contribution in [-0.4, -0.2) is 35.4 Å². The van der Waals surface area contributed by atoms with Gasteiger partial charge in [0.15, 0.2) is 0 Å². The van der Waals surface area contributed by atoms with Crippen molar-refractivity contribution >= 4 is 27.3 Å². The molecule has 0 bridgehead atoms. The van der Waals surface area contributed by atoms with E-state index in [-0.39, 0.29) is 25.0 Å². The van der Waals surface area contributed by atoms with Crippen molar-refractivity contribution < 1.29 is 19.7 Å². The maximum Gasteiger partial charge on any atom is 0.125 e. The molecular weight excluding hydrogens is 524 g/mol. The molecule has 8 nitrogen and oxygen atoms in total. The molecule has 9 heteroatoms. The molecule has 0 aliphatic rings. The minimum atomic E-state index is -0.901. The number of aryl methyl sites for hydroxylation is 1. The standard InChI is InChI=1S/C31H32N4O4S/c1-3-4-23(15-31(32)34-35-33)22-6-8-25(9-7-22)38-17-21-5-12-30-28(14-21)29(19-40-30)27-11-10-26(13-20(27)2)39-18-24(37)16-36/h5-14,19,23-24,36-37H,15-18H2,1-2H3,(H3,32,33,34)/t23-,24?/m0/s1. The topological polar surface area (TPSA) is 134 Å². The number of aliphatic hydroxyl groups excluding tert-OH is 2. The first-order valence-electron chi connectivity index (χ1n) is 12.8. The number of hydrogen-bond donors (Lipinski definition) is 4. The van der Waals surface area contributed by atoms with Gasteiger partial charge >= 0.3 is 0 Å². The highest BCUT2D eigenvalue weighted by Crippen LogP contribution is 2.37. The van der Waals surface area contributed by atoms with Crippen molar-refractivity contribution in [1.82, 2.24) is 0 Å². The van der Waals surface area contributed by atoms with Crippen molar-refractivity contribution in [1.29, 1.82) is 5.53 Å². The fourth-order valence-electron chi connectivity index (χ4n) is 4.35. The molecule has 206 valence electrons. The van der Waals surface area contributed by atoms with E-state index in [2.05, 4.69) is 45.7 Å². The number of ether oxygens (including phenoxy) is 2. The lowest BCUT2D eigenvalue weighted by atomic mass is 9.95. The van der Waals surface area contributed by atoms with Crippen LogP contribution in [0.2, 0.25) is 0 Å². The second-order valence-electron chi connectivity index (χ2n) is 9.30. The SMILES string of the molecule is CC#C[C@@H](C/C(N)=N/N=N)c1ccc(OCc2ccc3scc(-c4ccc(OCC(O)CO)cc4C)c3c2)cc1. The fourth-order valence-corrected chi connectivity index (χ4v) is 5.29. The van der Waals surface area contributed by atoms with Crippen LogP contribution in [0.1, 0.15) is 36.0 Å². The molecular formula is C31H32N4O4S. The van der Waals surface area contributed by atoms with Gasteiger partial charge in [0.05, 0.1) is 12.5 Å². The molecule has 0 aliphatic heterocycles. The first kappa shape index (κ1) is 28.8. The maximum atomic E-state index is 9.55. The van der Waals surface area contributed by atoms with Gasteiger partial charge in [-0.3, -0.25) is 0 Å². The Hall–Kier alpha value is -4.23. The van der Waals surface area contributed by atoms with Crippen LogP contribution >= 0.6 is 11.3 Å². The van der Waals surface area contributed by atoms with E-state index >= 15 is 0 Å². The van der Waals surface area contributed by atoms with Crippen molar-refractivity contribution in [2.75, 3.05) is 13.2 Å². The fraction of sp³-hybridized carbons (Fsp3) is 0.258. The van der Waals surface area contributed by atoms with Crippen LogP contribution in [0.3, 0.4) is 0 Å². The third-order valence-electron chi connectivity index (χ3n) is 6.38. The molecule has 0 saturated carbocycles. The van der Waals surface area contributed by atoms with Crippen LogP contribution in [-0.2, 0) is 6.61 Å². The number of rotatable bonds is 12. The lowest BCUT2D eigenvalue weighted by molar-refractivity contribution is 0.0536. The molecule has 4 rings (SSSR count). The maximum absolute atomic E-state index is 9.55. The number of hydrogen-bond acceptors (Lipinski definition) is 7. The van der Waals surface area contributed by atoms with Gasteiger partial charge in [-0.25, -0.2) is 0 Å². The molecule has 0 saturated heterocycles. The van der Waals surface area contributed by atoms with Gasteiger partial charge in [0.2, 0.25) is 0 Å². The van der Waals surface area contributed by atoms with Crippen molar-refractivity contribution in [2.24, 2.45) is 16.1 Å². The summed E-state index contributed by atoms with van der Waals surface area (Å²) in [4.78, 5) is 0. The van der Waals surface area contributed by atoms with E-state index in [0.29, 0.717) is 18.8 Å². The Bertz CT molecular complexity index is 1550. The smallest absolute Gasteiger partial charge is 0.125 e. The number of fused-ring (bicyclic) bond motifs is 1. The Morgan fingerprint density at radius 1 is 1.05 bits per heavy atom. The highest BCUT2D eigenvalue weighted by Gasteiger charge is 2.13. The summed E-state index contributed by atoms with van der Waals surface area (Å²) in [6, 6.07) is 20.0. The van der Waals surface area contributed by atoms with Crippen molar-refractivity contribution in [3.05, 3.63) is 82.7 Å². The first-order valence-corrected chi connectivity index (χ1v) is 13.7. The lowest BCUT2D eigenvalue weighted by Crippen LogP contribution is -2.21. The number of aliphatic hydroxyl groups is 2. The monoisotopic (exact) mass is 556 g/mol.